The number of carbonyl (C=O) groups excluding carboxylic acids is 4. The van der Waals surface area contributed by atoms with E-state index in [0.29, 0.717) is 48.3 Å². The van der Waals surface area contributed by atoms with Crippen LogP contribution in [0.4, 0.5) is 0 Å². The fraction of sp³-hybridized carbons (Fsp3) is 0.0400. The normalized spacial score (nSPS) is 11.6. The second-order valence-corrected chi connectivity index (χ2v) is 8.11. The zero-order chi connectivity index (χ0) is 25.3. The van der Waals surface area contributed by atoms with Crippen molar-refractivity contribution in [1.29, 1.82) is 0 Å². The van der Waals surface area contributed by atoms with E-state index in [0.717, 1.165) is 0 Å². The maximum Gasteiger partial charge on any atom is 0.490 e. The molecule has 182 valence electrons. The van der Waals surface area contributed by atoms with Gasteiger partial charge in [0.1, 0.15) is 5.75 Å². The van der Waals surface area contributed by atoms with Gasteiger partial charge in [0.05, 0.1) is 23.8 Å². The van der Waals surface area contributed by atoms with Gasteiger partial charge in [-0.3, -0.25) is 19.9 Å². The Morgan fingerprint density at radius 3 is 2.50 bits per heavy atom. The van der Waals surface area contributed by atoms with Crippen molar-refractivity contribution < 1.29 is 48.5 Å². The minimum atomic E-state index is -0.459. The van der Waals surface area contributed by atoms with Crippen LogP contribution in [-0.2, 0) is 29.0 Å². The van der Waals surface area contributed by atoms with Crippen LogP contribution in [0.15, 0.2) is 59.2 Å². The molecule has 3 heterocycles. The summed E-state index contributed by atoms with van der Waals surface area (Å²) in [7, 11) is 1.37. The second-order valence-electron chi connectivity index (χ2n) is 7.26. The average Bonchev–Trinajstić information content (AvgIpc) is 3.59. The number of methoxy groups -OCH3 is 1. The van der Waals surface area contributed by atoms with Crippen molar-refractivity contribution in [2.75, 3.05) is 7.11 Å². The van der Waals surface area contributed by atoms with Crippen LogP contribution in [0, 0.1) is 0 Å². The second kappa shape index (κ2) is 10.8. The van der Waals surface area contributed by atoms with Gasteiger partial charge in [-0.25, -0.2) is 0 Å². The summed E-state index contributed by atoms with van der Waals surface area (Å²) < 4.78 is 5.06. The molecule has 5 aromatic rings. The predicted molar refractivity (Wildman–Crippen MR) is 131 cm³/mol. The van der Waals surface area contributed by atoms with Gasteiger partial charge < -0.3 is 19.6 Å². The SMILES string of the molecule is COC(=O)c1ccc[cH-]1.O=C1NC(=O)c2c1c1cccnc1c1[n-]c3c(Br)cc(O)cc3c21.[CH+]=O.[Ru]. The number of rotatable bonds is 1. The van der Waals surface area contributed by atoms with Crippen molar-refractivity contribution in [1.82, 2.24) is 15.3 Å². The van der Waals surface area contributed by atoms with E-state index >= 15 is 0 Å². The summed E-state index contributed by atoms with van der Waals surface area (Å²) >= 11 is 3.39. The molecule has 9 nitrogen and oxygen atoms in total. The summed E-state index contributed by atoms with van der Waals surface area (Å²) in [5, 5.41) is 14.0. The first-order chi connectivity index (χ1) is 16.9. The molecule has 2 N–H and O–H groups in total. The summed E-state index contributed by atoms with van der Waals surface area (Å²) in [6, 6.07) is 13.6. The number of phenols is 1. The van der Waals surface area contributed by atoms with Gasteiger partial charge in [-0.15, -0.1) is 17.1 Å². The van der Waals surface area contributed by atoms with Crippen molar-refractivity contribution in [3.63, 3.8) is 0 Å². The Hall–Kier alpha value is -3.91. The molecule has 0 saturated carbocycles. The van der Waals surface area contributed by atoms with E-state index in [9.17, 15) is 19.5 Å². The van der Waals surface area contributed by atoms with Crippen molar-refractivity contribution in [2.45, 2.75) is 0 Å². The van der Waals surface area contributed by atoms with Gasteiger partial charge in [0.25, 0.3) is 11.8 Å². The first kappa shape index (κ1) is 26.7. The molecule has 2 aromatic heterocycles. The summed E-state index contributed by atoms with van der Waals surface area (Å²) in [5.41, 5.74) is 2.90. The zero-order valence-corrected chi connectivity index (χ0v) is 21.7. The maximum absolute atomic E-state index is 12.4. The number of nitrogens with one attached hydrogen (secondary N) is 1. The number of benzene rings is 2. The number of hydrogen-bond acceptors (Lipinski definition) is 7. The number of fused-ring (bicyclic) bond motifs is 8. The third-order valence-corrected chi connectivity index (χ3v) is 5.95. The molecule has 0 unspecified atom stereocenters. The van der Waals surface area contributed by atoms with Crippen LogP contribution in [0.2, 0.25) is 0 Å². The van der Waals surface area contributed by atoms with Gasteiger partial charge in [0.2, 0.25) is 5.97 Å². The number of imide groups is 1. The number of pyridine rings is 1. The molecule has 0 aliphatic carbocycles. The Kier molecular flexibility index (Phi) is 8.00. The third-order valence-electron chi connectivity index (χ3n) is 5.34. The summed E-state index contributed by atoms with van der Waals surface area (Å²) in [6.07, 6.45) is 1.62. The quantitative estimate of drug-likeness (QED) is 0.0936. The van der Waals surface area contributed by atoms with E-state index in [4.69, 9.17) is 4.79 Å². The number of halogens is 1. The molecule has 0 atom stereocenters. The Morgan fingerprint density at radius 1 is 1.11 bits per heavy atom. The molecule has 36 heavy (non-hydrogen) atoms. The van der Waals surface area contributed by atoms with Gasteiger partial charge in [0, 0.05) is 40.3 Å². The van der Waals surface area contributed by atoms with Crippen molar-refractivity contribution >= 4 is 73.2 Å². The van der Waals surface area contributed by atoms with Gasteiger partial charge >= 0.3 is 6.79 Å². The van der Waals surface area contributed by atoms with Crippen LogP contribution >= 0.6 is 15.9 Å². The minimum Gasteiger partial charge on any atom is -0.654 e. The van der Waals surface area contributed by atoms with Crippen LogP contribution in [0.3, 0.4) is 0 Å². The van der Waals surface area contributed by atoms with Crippen molar-refractivity contribution in [3.8, 4) is 5.75 Å². The Labute approximate surface area is 225 Å². The fourth-order valence-corrected chi connectivity index (χ4v) is 4.52. The molecular weight excluding hydrogens is 619 g/mol. The molecule has 1 aliphatic heterocycles. The zero-order valence-electron chi connectivity index (χ0n) is 18.4. The number of phenolic OH excluding ortho intramolecular Hbond substituents is 1. The molecule has 0 radical (unpaired) electrons. The number of carbonyl (C=O) groups is 3. The van der Waals surface area contributed by atoms with Gasteiger partial charge in [-0.2, -0.15) is 18.2 Å². The molecule has 2 amide bonds. The summed E-state index contributed by atoms with van der Waals surface area (Å²) in [4.78, 5) is 52.1. The van der Waals surface area contributed by atoms with Crippen LogP contribution in [0.25, 0.3) is 32.7 Å². The van der Waals surface area contributed by atoms with Crippen molar-refractivity contribution in [3.05, 3.63) is 75.9 Å². The van der Waals surface area contributed by atoms with Gasteiger partial charge in [-0.1, -0.05) is 27.6 Å². The number of esters is 1. The Bertz CT molecular complexity index is 1630. The molecule has 0 spiro atoms. The minimum absolute atomic E-state index is 0. The van der Waals surface area contributed by atoms with Crippen LogP contribution in [-0.4, -0.2) is 41.8 Å². The largest absolute Gasteiger partial charge is 0.654 e. The van der Waals surface area contributed by atoms with Gasteiger partial charge in [0.15, 0.2) is 0 Å². The number of aromatic hydroxyl groups is 1. The van der Waals surface area contributed by atoms with E-state index < -0.39 is 11.8 Å². The van der Waals surface area contributed by atoms with E-state index in [2.05, 4.69) is 42.7 Å². The predicted octanol–water partition coefficient (Wildman–Crippen LogP) is 3.77. The molecule has 0 saturated heterocycles. The molecule has 0 bridgehead atoms. The smallest absolute Gasteiger partial charge is 0.490 e. The molecule has 6 rings (SSSR count). The first-order valence-corrected chi connectivity index (χ1v) is 10.8. The molecule has 11 heteroatoms. The molecule has 3 aromatic carbocycles. The van der Waals surface area contributed by atoms with Crippen LogP contribution < -0.4 is 10.3 Å². The number of aromatic nitrogens is 2. The molecular formula is C25H15BrN3O6Ru-. The Morgan fingerprint density at radius 2 is 1.83 bits per heavy atom. The standard InChI is InChI=1S/C17H8BrN3O3.C7H7O2.CHO.Ru/c18-9-5-6(22)4-8-10-12-11(16(23)21-17(12)24)7-2-1-3-19-14(7)15(10)20-13(8)9;1-9-7(8)6-4-2-3-5-6;1-2;/h1-5H,(H3,19,20,21,22,23,24);2-5H,1H3;1H;/q;-1;+1;/p-1. The summed E-state index contributed by atoms with van der Waals surface area (Å²) in [5.74, 6) is -1.13. The monoisotopic (exact) mass is 634 g/mol. The fourth-order valence-electron chi connectivity index (χ4n) is 3.98. The molecule has 0 fully saturated rings. The van der Waals surface area contributed by atoms with Crippen molar-refractivity contribution in [2.24, 2.45) is 0 Å². The van der Waals surface area contributed by atoms with Crippen LogP contribution in [0.5, 0.6) is 5.75 Å². The maximum atomic E-state index is 12.4. The van der Waals surface area contributed by atoms with Gasteiger partial charge in [-0.05, 0) is 29.0 Å². The Balaban J connectivity index is 0.000000256. The first-order valence-electron chi connectivity index (χ1n) is 9.99. The third kappa shape index (κ3) is 4.40. The topological polar surface area (TPSA) is 137 Å². The number of ether oxygens (including phenoxy) is 1. The van der Waals surface area contributed by atoms with E-state index in [1.807, 2.05) is 0 Å². The number of amides is 2. The van der Waals surface area contributed by atoms with E-state index in [-0.39, 0.29) is 36.8 Å². The average molecular weight is 634 g/mol. The van der Waals surface area contributed by atoms with Crippen LogP contribution in [0.1, 0.15) is 31.1 Å². The van der Waals surface area contributed by atoms with E-state index in [1.54, 1.807) is 48.7 Å². The summed E-state index contributed by atoms with van der Waals surface area (Å²) in [6.45, 7) is 3.25. The number of nitrogens with zero attached hydrogens (tertiary/aromatic N) is 2. The van der Waals surface area contributed by atoms with E-state index in [1.165, 1.54) is 13.2 Å². The number of hydrogen-bond donors (Lipinski definition) is 2. The molecule has 1 aliphatic rings.